The Morgan fingerprint density at radius 1 is 0.906 bits per heavy atom. The van der Waals surface area contributed by atoms with Gasteiger partial charge in [-0.1, -0.05) is 17.7 Å². The summed E-state index contributed by atoms with van der Waals surface area (Å²) in [6.45, 7) is 3.89. The van der Waals surface area contributed by atoms with Crippen molar-refractivity contribution in [2.24, 2.45) is 17.8 Å². The molecule has 170 valence electrons. The predicted molar refractivity (Wildman–Crippen MR) is 114 cm³/mol. The minimum atomic E-state index is -1.12. The van der Waals surface area contributed by atoms with Crippen LogP contribution in [0.3, 0.4) is 0 Å². The Hall–Kier alpha value is -2.34. The maximum absolute atomic E-state index is 14.9. The monoisotopic (exact) mass is 466 g/mol. The largest absolute Gasteiger partial charge is 0.423 e. The molecule has 0 saturated heterocycles. The van der Waals surface area contributed by atoms with Crippen LogP contribution in [0.4, 0.5) is 17.6 Å². The normalized spacial score (nSPS) is 25.2. The third-order valence-corrected chi connectivity index (χ3v) is 7.24. The summed E-state index contributed by atoms with van der Waals surface area (Å²) in [5.41, 5.74) is -0.380. The first kappa shape index (κ1) is 22.8. The second kappa shape index (κ2) is 9.26. The molecule has 0 N–H and O–H groups in total. The lowest BCUT2D eigenvalue weighted by Gasteiger charge is -2.41. The van der Waals surface area contributed by atoms with Crippen molar-refractivity contribution in [3.63, 3.8) is 0 Å². The molecular formula is C25H23ClF4O2. The van der Waals surface area contributed by atoms with E-state index in [-0.39, 0.29) is 17.0 Å². The zero-order valence-corrected chi connectivity index (χ0v) is 18.1. The van der Waals surface area contributed by atoms with Gasteiger partial charge < -0.3 is 4.74 Å². The highest BCUT2D eigenvalue weighted by Gasteiger charge is 2.37. The van der Waals surface area contributed by atoms with Crippen LogP contribution in [0, 0.1) is 41.0 Å². The lowest BCUT2D eigenvalue weighted by Crippen LogP contribution is -2.30. The topological polar surface area (TPSA) is 26.3 Å². The Bertz CT molecular complexity index is 1010. The van der Waals surface area contributed by atoms with Gasteiger partial charge in [-0.2, -0.15) is 0 Å². The van der Waals surface area contributed by atoms with Gasteiger partial charge in [-0.15, -0.1) is 6.58 Å². The fourth-order valence-corrected chi connectivity index (χ4v) is 5.36. The number of rotatable bonds is 4. The fraction of sp³-hybridized carbons (Fsp3) is 0.400. The van der Waals surface area contributed by atoms with Crippen molar-refractivity contribution in [1.29, 1.82) is 0 Å². The molecule has 2 aromatic rings. The van der Waals surface area contributed by atoms with Crippen LogP contribution in [0.1, 0.15) is 60.4 Å². The van der Waals surface area contributed by atoms with Crippen molar-refractivity contribution in [1.82, 2.24) is 0 Å². The number of carbonyl (C=O) groups excluding carboxylic acids is 1. The molecule has 0 radical (unpaired) electrons. The lowest BCUT2D eigenvalue weighted by molar-refractivity contribution is 0.0732. The average Bonchev–Trinajstić information content (AvgIpc) is 2.76. The van der Waals surface area contributed by atoms with Gasteiger partial charge in [0.15, 0.2) is 0 Å². The number of halogens is 5. The molecule has 2 saturated carbocycles. The van der Waals surface area contributed by atoms with Crippen LogP contribution in [0.5, 0.6) is 5.75 Å². The third-order valence-electron chi connectivity index (χ3n) is 6.88. The summed E-state index contributed by atoms with van der Waals surface area (Å²) in [4.78, 5) is 12.3. The molecule has 0 bridgehead atoms. The number of hydrogen-bond donors (Lipinski definition) is 0. The van der Waals surface area contributed by atoms with E-state index in [1.54, 1.807) is 0 Å². The Kier molecular flexibility index (Phi) is 6.61. The molecule has 7 heteroatoms. The Balaban J connectivity index is 1.50. The molecule has 4 rings (SSSR count). The van der Waals surface area contributed by atoms with Gasteiger partial charge in [0.05, 0.1) is 5.56 Å². The van der Waals surface area contributed by atoms with E-state index in [0.717, 1.165) is 56.4 Å². The molecule has 0 amide bonds. The number of carbonyl (C=O) groups is 1. The van der Waals surface area contributed by atoms with Crippen LogP contribution in [-0.2, 0) is 0 Å². The molecule has 4 atom stereocenters. The van der Waals surface area contributed by atoms with Crippen molar-refractivity contribution < 1.29 is 27.1 Å². The van der Waals surface area contributed by atoms with E-state index in [0.29, 0.717) is 24.2 Å². The molecule has 2 aliphatic carbocycles. The van der Waals surface area contributed by atoms with Crippen LogP contribution >= 0.6 is 11.6 Å². The fourth-order valence-electron chi connectivity index (χ4n) is 5.25. The van der Waals surface area contributed by atoms with Crippen molar-refractivity contribution in [3.8, 4) is 5.75 Å². The van der Waals surface area contributed by atoms with E-state index in [1.165, 1.54) is 0 Å². The van der Waals surface area contributed by atoms with Gasteiger partial charge in [0.2, 0.25) is 0 Å². The van der Waals surface area contributed by atoms with Crippen LogP contribution < -0.4 is 4.74 Å². The zero-order valence-electron chi connectivity index (χ0n) is 17.4. The highest BCUT2D eigenvalue weighted by molar-refractivity contribution is 6.30. The van der Waals surface area contributed by atoms with Crippen LogP contribution in [0.2, 0.25) is 5.02 Å². The number of ether oxygens (including phenoxy) is 1. The Morgan fingerprint density at radius 3 is 2.12 bits per heavy atom. The van der Waals surface area contributed by atoms with Gasteiger partial charge >= 0.3 is 5.97 Å². The van der Waals surface area contributed by atoms with Gasteiger partial charge in [-0.05, 0) is 74.3 Å². The summed E-state index contributed by atoms with van der Waals surface area (Å²) < 4.78 is 61.8. The molecule has 0 spiro atoms. The Morgan fingerprint density at radius 2 is 1.50 bits per heavy atom. The highest BCUT2D eigenvalue weighted by atomic mass is 35.5. The Labute approximate surface area is 189 Å². The van der Waals surface area contributed by atoms with E-state index in [1.807, 2.05) is 6.08 Å². The van der Waals surface area contributed by atoms with E-state index < -0.39 is 40.0 Å². The number of benzene rings is 2. The minimum Gasteiger partial charge on any atom is -0.423 e. The first-order valence-corrected chi connectivity index (χ1v) is 11.1. The first-order valence-electron chi connectivity index (χ1n) is 10.7. The van der Waals surface area contributed by atoms with Crippen molar-refractivity contribution >= 4 is 17.6 Å². The maximum atomic E-state index is 14.9. The van der Waals surface area contributed by atoms with Gasteiger partial charge in [0, 0.05) is 17.7 Å². The molecule has 2 nitrogen and oxygen atoms in total. The number of esters is 1. The lowest BCUT2D eigenvalue weighted by atomic mass is 9.64. The second-order valence-electron chi connectivity index (χ2n) is 8.78. The van der Waals surface area contributed by atoms with Crippen LogP contribution in [0.25, 0.3) is 0 Å². The molecule has 2 aliphatic rings. The summed E-state index contributed by atoms with van der Waals surface area (Å²) in [7, 11) is 0. The van der Waals surface area contributed by atoms with Gasteiger partial charge in [0.25, 0.3) is 0 Å². The molecule has 0 heterocycles. The molecule has 4 unspecified atom stereocenters. The molecule has 32 heavy (non-hydrogen) atoms. The van der Waals surface area contributed by atoms with Gasteiger partial charge in [0.1, 0.15) is 34.0 Å². The summed E-state index contributed by atoms with van der Waals surface area (Å²) in [6.07, 6.45) is 7.49. The predicted octanol–water partition coefficient (Wildman–Crippen LogP) is 7.60. The summed E-state index contributed by atoms with van der Waals surface area (Å²) in [5, 5.41) is -0.737. The number of hydrogen-bond acceptors (Lipinski definition) is 2. The number of fused-ring (bicyclic) bond motifs is 1. The standard InChI is InChI=1S/C25H23ClF4O2/c1-2-13-3-4-15-8-16(6-5-14(15)7-13)23-19(27)9-17(10-20(23)28)25(31)32-18-11-21(29)24(26)22(30)12-18/h2,9-16H,1,3-8H2. The maximum Gasteiger partial charge on any atom is 0.343 e. The number of allylic oxidation sites excluding steroid dienone is 1. The van der Waals surface area contributed by atoms with Crippen molar-refractivity contribution in [3.05, 3.63) is 76.3 Å². The summed E-state index contributed by atoms with van der Waals surface area (Å²) in [6, 6.07) is 3.29. The SMILES string of the molecule is C=CC1CCC2CC(c3c(F)cc(C(=O)Oc4cc(F)c(Cl)c(F)c4)cc3F)CCC2C1. The highest BCUT2D eigenvalue weighted by Crippen LogP contribution is 2.48. The molecular weight excluding hydrogens is 444 g/mol. The van der Waals surface area contributed by atoms with E-state index in [9.17, 15) is 22.4 Å². The van der Waals surface area contributed by atoms with Crippen LogP contribution in [-0.4, -0.2) is 5.97 Å². The smallest absolute Gasteiger partial charge is 0.343 e. The van der Waals surface area contributed by atoms with E-state index >= 15 is 0 Å². The van der Waals surface area contributed by atoms with E-state index in [2.05, 4.69) is 6.58 Å². The zero-order chi connectivity index (χ0) is 23.0. The molecule has 0 aromatic heterocycles. The molecule has 2 aromatic carbocycles. The molecule has 2 fully saturated rings. The van der Waals surface area contributed by atoms with Gasteiger partial charge in [-0.3, -0.25) is 0 Å². The third kappa shape index (κ3) is 4.56. The minimum absolute atomic E-state index is 0.00516. The van der Waals surface area contributed by atoms with Crippen molar-refractivity contribution in [2.75, 3.05) is 0 Å². The summed E-state index contributed by atoms with van der Waals surface area (Å²) in [5.74, 6) is -4.15. The average molecular weight is 467 g/mol. The molecule has 0 aliphatic heterocycles. The van der Waals surface area contributed by atoms with E-state index in [4.69, 9.17) is 16.3 Å². The van der Waals surface area contributed by atoms with Crippen LogP contribution in [0.15, 0.2) is 36.9 Å². The quantitative estimate of drug-likeness (QED) is 0.152. The van der Waals surface area contributed by atoms with Crippen molar-refractivity contribution in [2.45, 2.75) is 44.4 Å². The van der Waals surface area contributed by atoms with Gasteiger partial charge in [-0.25, -0.2) is 22.4 Å². The second-order valence-corrected chi connectivity index (χ2v) is 9.16. The first-order chi connectivity index (χ1) is 15.3. The summed E-state index contributed by atoms with van der Waals surface area (Å²) >= 11 is 5.40.